The lowest BCUT2D eigenvalue weighted by atomic mass is 9.84. The van der Waals surface area contributed by atoms with Crippen LogP contribution in [0, 0.1) is 5.92 Å². The number of hydrogen-bond donors (Lipinski definition) is 1. The molecule has 0 heterocycles. The molecule has 2 nitrogen and oxygen atoms in total. The molecule has 2 heteroatoms. The third kappa shape index (κ3) is 5.12. The Labute approximate surface area is 130 Å². The van der Waals surface area contributed by atoms with Gasteiger partial charge in [0, 0.05) is 12.1 Å². The SMILES string of the molecule is CCC1CCC(N(C)CCCC(N)c2ccccc2)CC1. The summed E-state index contributed by atoms with van der Waals surface area (Å²) in [5.41, 5.74) is 7.54. The van der Waals surface area contributed by atoms with Crippen LogP contribution in [0.5, 0.6) is 0 Å². The van der Waals surface area contributed by atoms with E-state index in [0.717, 1.165) is 18.4 Å². The molecule has 1 saturated carbocycles. The van der Waals surface area contributed by atoms with Gasteiger partial charge in [0.25, 0.3) is 0 Å². The van der Waals surface area contributed by atoms with Gasteiger partial charge in [-0.2, -0.15) is 0 Å². The van der Waals surface area contributed by atoms with E-state index in [1.807, 2.05) is 0 Å². The van der Waals surface area contributed by atoms with Crippen molar-refractivity contribution in [3.05, 3.63) is 35.9 Å². The number of nitrogens with two attached hydrogens (primary N) is 1. The first-order valence-corrected chi connectivity index (χ1v) is 8.71. The lowest BCUT2D eigenvalue weighted by Gasteiger charge is -2.34. The summed E-state index contributed by atoms with van der Waals surface area (Å²) in [4.78, 5) is 2.57. The molecule has 2 rings (SSSR count). The topological polar surface area (TPSA) is 29.3 Å². The molecule has 1 fully saturated rings. The van der Waals surface area contributed by atoms with Gasteiger partial charge < -0.3 is 10.6 Å². The maximum atomic E-state index is 6.28. The van der Waals surface area contributed by atoms with E-state index in [2.05, 4.69) is 49.2 Å². The first kappa shape index (κ1) is 16.5. The highest BCUT2D eigenvalue weighted by Crippen LogP contribution is 2.29. The molecular formula is C19H32N2. The minimum atomic E-state index is 0.190. The largest absolute Gasteiger partial charge is 0.324 e. The normalized spacial score (nSPS) is 24.2. The molecule has 1 atom stereocenters. The minimum absolute atomic E-state index is 0.190. The zero-order valence-corrected chi connectivity index (χ0v) is 13.8. The Hall–Kier alpha value is -0.860. The highest BCUT2D eigenvalue weighted by Gasteiger charge is 2.22. The summed E-state index contributed by atoms with van der Waals surface area (Å²) in [7, 11) is 2.30. The molecule has 0 saturated heterocycles. The summed E-state index contributed by atoms with van der Waals surface area (Å²) >= 11 is 0. The lowest BCUT2D eigenvalue weighted by Crippen LogP contribution is -2.36. The predicted octanol–water partition coefficient (Wildman–Crippen LogP) is 4.37. The molecule has 21 heavy (non-hydrogen) atoms. The molecule has 1 aliphatic rings. The zero-order chi connectivity index (χ0) is 15.1. The van der Waals surface area contributed by atoms with Crippen molar-refractivity contribution >= 4 is 0 Å². The Morgan fingerprint density at radius 2 is 1.81 bits per heavy atom. The van der Waals surface area contributed by atoms with Crippen LogP contribution < -0.4 is 5.73 Å². The maximum absolute atomic E-state index is 6.28. The maximum Gasteiger partial charge on any atom is 0.0295 e. The Morgan fingerprint density at radius 1 is 1.14 bits per heavy atom. The molecule has 1 aromatic rings. The molecular weight excluding hydrogens is 256 g/mol. The molecule has 0 spiro atoms. The second-order valence-corrected chi connectivity index (χ2v) is 6.72. The average Bonchev–Trinajstić information content (AvgIpc) is 2.55. The Bertz CT molecular complexity index is 382. The van der Waals surface area contributed by atoms with E-state index < -0.39 is 0 Å². The Morgan fingerprint density at radius 3 is 2.43 bits per heavy atom. The smallest absolute Gasteiger partial charge is 0.0295 e. The fourth-order valence-electron chi connectivity index (χ4n) is 3.60. The van der Waals surface area contributed by atoms with Crippen LogP contribution in [0.1, 0.15) is 63.5 Å². The molecule has 0 radical (unpaired) electrons. The van der Waals surface area contributed by atoms with E-state index in [1.165, 1.54) is 50.6 Å². The molecule has 1 aliphatic carbocycles. The highest BCUT2D eigenvalue weighted by atomic mass is 15.1. The molecule has 0 amide bonds. The van der Waals surface area contributed by atoms with Crippen LogP contribution in [0.3, 0.4) is 0 Å². The zero-order valence-electron chi connectivity index (χ0n) is 13.8. The van der Waals surface area contributed by atoms with E-state index >= 15 is 0 Å². The minimum Gasteiger partial charge on any atom is -0.324 e. The molecule has 0 aliphatic heterocycles. The third-order valence-electron chi connectivity index (χ3n) is 5.27. The van der Waals surface area contributed by atoms with Gasteiger partial charge in [0.2, 0.25) is 0 Å². The van der Waals surface area contributed by atoms with Crippen LogP contribution in [0.2, 0.25) is 0 Å². The average molecular weight is 288 g/mol. The second kappa shape index (κ2) is 8.55. The molecule has 1 aromatic carbocycles. The van der Waals surface area contributed by atoms with Gasteiger partial charge in [-0.3, -0.25) is 0 Å². The molecule has 2 N–H and O–H groups in total. The molecule has 0 bridgehead atoms. The van der Waals surface area contributed by atoms with Crippen molar-refractivity contribution in [1.29, 1.82) is 0 Å². The van der Waals surface area contributed by atoms with Gasteiger partial charge >= 0.3 is 0 Å². The monoisotopic (exact) mass is 288 g/mol. The van der Waals surface area contributed by atoms with Crippen LogP contribution >= 0.6 is 0 Å². The van der Waals surface area contributed by atoms with E-state index in [4.69, 9.17) is 5.73 Å². The summed E-state index contributed by atoms with van der Waals surface area (Å²) in [6, 6.07) is 11.5. The van der Waals surface area contributed by atoms with E-state index in [1.54, 1.807) is 0 Å². The quantitative estimate of drug-likeness (QED) is 0.807. The van der Waals surface area contributed by atoms with Crippen LogP contribution in [0.25, 0.3) is 0 Å². The number of rotatable bonds is 7. The van der Waals surface area contributed by atoms with Gasteiger partial charge in [-0.15, -0.1) is 0 Å². The first-order valence-electron chi connectivity index (χ1n) is 8.71. The van der Waals surface area contributed by atoms with Crippen molar-refractivity contribution in [2.45, 2.75) is 64.0 Å². The number of nitrogens with zero attached hydrogens (tertiary/aromatic N) is 1. The fraction of sp³-hybridized carbons (Fsp3) is 0.684. The molecule has 0 aromatic heterocycles. The van der Waals surface area contributed by atoms with Gasteiger partial charge in [-0.1, -0.05) is 43.7 Å². The molecule has 118 valence electrons. The predicted molar refractivity (Wildman–Crippen MR) is 91.3 cm³/mol. The summed E-state index contributed by atoms with van der Waals surface area (Å²) < 4.78 is 0. The van der Waals surface area contributed by atoms with Crippen molar-refractivity contribution in [3.8, 4) is 0 Å². The van der Waals surface area contributed by atoms with E-state index in [9.17, 15) is 0 Å². The summed E-state index contributed by atoms with van der Waals surface area (Å²) in [5.74, 6) is 0.987. The third-order valence-corrected chi connectivity index (χ3v) is 5.27. The van der Waals surface area contributed by atoms with Crippen LogP contribution in [-0.4, -0.2) is 24.5 Å². The van der Waals surface area contributed by atoms with Crippen molar-refractivity contribution in [3.63, 3.8) is 0 Å². The Balaban J connectivity index is 1.66. The van der Waals surface area contributed by atoms with Gasteiger partial charge in [-0.05, 0) is 63.6 Å². The van der Waals surface area contributed by atoms with Crippen LogP contribution in [0.4, 0.5) is 0 Å². The summed E-state index contributed by atoms with van der Waals surface area (Å²) in [5, 5.41) is 0. The van der Waals surface area contributed by atoms with Crippen molar-refractivity contribution in [1.82, 2.24) is 4.90 Å². The van der Waals surface area contributed by atoms with Gasteiger partial charge in [-0.25, -0.2) is 0 Å². The van der Waals surface area contributed by atoms with Gasteiger partial charge in [0.1, 0.15) is 0 Å². The van der Waals surface area contributed by atoms with Crippen LogP contribution in [-0.2, 0) is 0 Å². The summed E-state index contributed by atoms with van der Waals surface area (Å²) in [6.07, 6.45) is 9.27. The van der Waals surface area contributed by atoms with Crippen LogP contribution in [0.15, 0.2) is 30.3 Å². The van der Waals surface area contributed by atoms with Crippen molar-refractivity contribution in [2.75, 3.05) is 13.6 Å². The van der Waals surface area contributed by atoms with Crippen molar-refractivity contribution < 1.29 is 0 Å². The van der Waals surface area contributed by atoms with Gasteiger partial charge in [0.15, 0.2) is 0 Å². The first-order chi connectivity index (χ1) is 10.2. The summed E-state index contributed by atoms with van der Waals surface area (Å²) in [6.45, 7) is 3.52. The fourth-order valence-corrected chi connectivity index (χ4v) is 3.60. The van der Waals surface area contributed by atoms with Crippen molar-refractivity contribution in [2.24, 2.45) is 11.7 Å². The van der Waals surface area contributed by atoms with Gasteiger partial charge in [0.05, 0.1) is 0 Å². The van der Waals surface area contributed by atoms with E-state index in [0.29, 0.717) is 0 Å². The number of hydrogen-bond acceptors (Lipinski definition) is 2. The second-order valence-electron chi connectivity index (χ2n) is 6.72. The lowest BCUT2D eigenvalue weighted by molar-refractivity contribution is 0.160. The number of benzene rings is 1. The molecule has 1 unspecified atom stereocenters. The van der Waals surface area contributed by atoms with E-state index in [-0.39, 0.29) is 6.04 Å². The standard InChI is InChI=1S/C19H32N2/c1-3-16-11-13-18(14-12-16)21(2)15-7-10-19(20)17-8-5-4-6-9-17/h4-6,8-9,16,18-19H,3,7,10-15,20H2,1-2H3. The Kier molecular flexibility index (Phi) is 6.72. The highest BCUT2D eigenvalue weighted by molar-refractivity contribution is 5.18.